The lowest BCUT2D eigenvalue weighted by molar-refractivity contribution is 0.964. The van der Waals surface area contributed by atoms with Crippen molar-refractivity contribution < 1.29 is 0 Å². The van der Waals surface area contributed by atoms with Crippen molar-refractivity contribution in [3.8, 4) is 0 Å². The average molecular weight is 262 g/mol. The zero-order chi connectivity index (χ0) is 14.3. The van der Waals surface area contributed by atoms with E-state index >= 15 is 0 Å². The molecule has 0 fully saturated rings. The van der Waals surface area contributed by atoms with Crippen LogP contribution in [0.1, 0.15) is 30.2 Å². The quantitative estimate of drug-likeness (QED) is 0.789. The number of hydrogen-bond acceptors (Lipinski definition) is 2. The SMILES string of the molecule is C=C/C=c1\c(=C)c2c(c3ncc(C)nc13)C(C)=CCC2. The molecule has 0 spiro atoms. The fraction of sp³-hybridized carbons (Fsp3) is 0.222. The van der Waals surface area contributed by atoms with E-state index in [1.165, 1.54) is 16.7 Å². The van der Waals surface area contributed by atoms with E-state index in [0.29, 0.717) is 0 Å². The molecule has 3 rings (SSSR count). The summed E-state index contributed by atoms with van der Waals surface area (Å²) in [4.78, 5) is 9.33. The molecule has 20 heavy (non-hydrogen) atoms. The maximum Gasteiger partial charge on any atom is 0.0974 e. The molecule has 1 aromatic carbocycles. The van der Waals surface area contributed by atoms with Gasteiger partial charge in [-0.3, -0.25) is 4.98 Å². The molecule has 0 atom stereocenters. The highest BCUT2D eigenvalue weighted by atomic mass is 14.8. The van der Waals surface area contributed by atoms with Gasteiger partial charge < -0.3 is 0 Å². The van der Waals surface area contributed by atoms with Crippen LogP contribution in [0.25, 0.3) is 29.3 Å². The molecular weight excluding hydrogens is 244 g/mol. The van der Waals surface area contributed by atoms with Gasteiger partial charge in [0, 0.05) is 17.0 Å². The first-order valence-corrected chi connectivity index (χ1v) is 6.90. The fourth-order valence-corrected chi connectivity index (χ4v) is 2.98. The van der Waals surface area contributed by atoms with Crippen LogP contribution in [0.15, 0.2) is 24.9 Å². The summed E-state index contributed by atoms with van der Waals surface area (Å²) in [5, 5.41) is 2.12. The molecular formula is C18H18N2. The predicted molar refractivity (Wildman–Crippen MR) is 85.7 cm³/mol. The molecule has 2 nitrogen and oxygen atoms in total. The van der Waals surface area contributed by atoms with Gasteiger partial charge in [-0.25, -0.2) is 4.98 Å². The predicted octanol–water partition coefficient (Wildman–Crippen LogP) is 2.66. The smallest absolute Gasteiger partial charge is 0.0974 e. The van der Waals surface area contributed by atoms with E-state index < -0.39 is 0 Å². The van der Waals surface area contributed by atoms with Crippen LogP contribution in [0.4, 0.5) is 0 Å². The number of rotatable bonds is 1. The maximum atomic E-state index is 4.69. The van der Waals surface area contributed by atoms with Gasteiger partial charge in [0.2, 0.25) is 0 Å². The van der Waals surface area contributed by atoms with Crippen molar-refractivity contribution in [2.75, 3.05) is 0 Å². The fourth-order valence-electron chi connectivity index (χ4n) is 2.98. The third-order valence-corrected chi connectivity index (χ3v) is 3.90. The standard InChI is InChI=1S/C18H18N2/c1-5-7-15-13(4)14-9-6-8-11(2)16(14)18-17(15)20-12(3)10-19-18/h5,7-8,10H,1,4,6,9H2,2-3H3/b15-7+. The zero-order valence-corrected chi connectivity index (χ0v) is 12.0. The Kier molecular flexibility index (Phi) is 3.01. The minimum atomic E-state index is 0.924. The summed E-state index contributed by atoms with van der Waals surface area (Å²) in [6, 6.07) is 0. The van der Waals surface area contributed by atoms with Gasteiger partial charge >= 0.3 is 0 Å². The molecule has 1 heterocycles. The molecule has 0 N–H and O–H groups in total. The van der Waals surface area contributed by atoms with E-state index in [-0.39, 0.29) is 0 Å². The molecule has 1 aromatic heterocycles. The Balaban J connectivity index is 2.62. The van der Waals surface area contributed by atoms with Gasteiger partial charge in [0.1, 0.15) is 0 Å². The monoisotopic (exact) mass is 262 g/mol. The second-order valence-corrected chi connectivity index (χ2v) is 5.28. The lowest BCUT2D eigenvalue weighted by Gasteiger charge is -2.18. The van der Waals surface area contributed by atoms with Crippen LogP contribution in [-0.2, 0) is 6.42 Å². The van der Waals surface area contributed by atoms with Crippen LogP contribution in [-0.4, -0.2) is 9.97 Å². The molecule has 0 unspecified atom stereocenters. The van der Waals surface area contributed by atoms with Crippen LogP contribution in [0.2, 0.25) is 0 Å². The van der Waals surface area contributed by atoms with Crippen molar-refractivity contribution in [3.63, 3.8) is 0 Å². The minimum Gasteiger partial charge on any atom is -0.252 e. The molecule has 2 aromatic rings. The highest BCUT2D eigenvalue weighted by molar-refractivity contribution is 5.91. The maximum absolute atomic E-state index is 4.69. The van der Waals surface area contributed by atoms with Crippen molar-refractivity contribution >= 4 is 29.3 Å². The van der Waals surface area contributed by atoms with Crippen LogP contribution in [0.3, 0.4) is 0 Å². The van der Waals surface area contributed by atoms with Crippen molar-refractivity contribution in [2.24, 2.45) is 0 Å². The van der Waals surface area contributed by atoms with Crippen molar-refractivity contribution in [1.82, 2.24) is 9.97 Å². The molecule has 0 saturated heterocycles. The van der Waals surface area contributed by atoms with Gasteiger partial charge in [-0.2, -0.15) is 0 Å². The Morgan fingerprint density at radius 1 is 1.25 bits per heavy atom. The molecule has 1 aliphatic carbocycles. The molecule has 100 valence electrons. The molecule has 0 aliphatic heterocycles. The highest BCUT2D eigenvalue weighted by Gasteiger charge is 2.17. The summed E-state index contributed by atoms with van der Waals surface area (Å²) < 4.78 is 0. The Morgan fingerprint density at radius 3 is 2.80 bits per heavy atom. The normalized spacial score (nSPS) is 15.1. The van der Waals surface area contributed by atoms with Gasteiger partial charge in [0.05, 0.1) is 16.7 Å². The number of hydrogen-bond donors (Lipinski definition) is 0. The first-order chi connectivity index (χ1) is 9.63. The van der Waals surface area contributed by atoms with Crippen molar-refractivity contribution in [3.05, 3.63) is 52.2 Å². The van der Waals surface area contributed by atoms with Gasteiger partial charge in [0.15, 0.2) is 0 Å². The summed E-state index contributed by atoms with van der Waals surface area (Å²) in [6.07, 6.45) is 10.00. The second kappa shape index (κ2) is 4.71. The summed E-state index contributed by atoms with van der Waals surface area (Å²) in [5.41, 5.74) is 6.66. The van der Waals surface area contributed by atoms with Crippen LogP contribution in [0.5, 0.6) is 0 Å². The van der Waals surface area contributed by atoms with E-state index in [1.54, 1.807) is 6.08 Å². The van der Waals surface area contributed by atoms with Gasteiger partial charge in [-0.15, -0.1) is 0 Å². The Bertz CT molecular complexity index is 857. The average Bonchev–Trinajstić information content (AvgIpc) is 2.43. The largest absolute Gasteiger partial charge is 0.252 e. The number of fused-ring (bicyclic) bond motifs is 3. The number of aromatic nitrogens is 2. The highest BCUT2D eigenvalue weighted by Crippen LogP contribution is 2.27. The Morgan fingerprint density at radius 2 is 2.05 bits per heavy atom. The van der Waals surface area contributed by atoms with Gasteiger partial charge in [-0.1, -0.05) is 31.4 Å². The number of benzene rings is 1. The number of allylic oxidation sites excluding steroid dienone is 3. The van der Waals surface area contributed by atoms with E-state index in [9.17, 15) is 0 Å². The summed E-state index contributed by atoms with van der Waals surface area (Å²) in [7, 11) is 0. The van der Waals surface area contributed by atoms with E-state index in [4.69, 9.17) is 0 Å². The van der Waals surface area contributed by atoms with Crippen LogP contribution < -0.4 is 10.4 Å². The number of aryl methyl sites for hydroxylation is 1. The third-order valence-electron chi connectivity index (χ3n) is 3.90. The Hall–Kier alpha value is -2.22. The Labute approximate surface area is 118 Å². The molecule has 0 bridgehead atoms. The van der Waals surface area contributed by atoms with Crippen LogP contribution in [0, 0.1) is 6.92 Å². The molecule has 0 saturated carbocycles. The summed E-state index contributed by atoms with van der Waals surface area (Å²) in [6.45, 7) is 12.2. The summed E-state index contributed by atoms with van der Waals surface area (Å²) in [5.74, 6) is 0. The lowest BCUT2D eigenvalue weighted by atomic mass is 9.88. The summed E-state index contributed by atoms with van der Waals surface area (Å²) >= 11 is 0. The second-order valence-electron chi connectivity index (χ2n) is 5.28. The van der Waals surface area contributed by atoms with E-state index in [1.807, 2.05) is 19.2 Å². The van der Waals surface area contributed by atoms with Crippen LogP contribution >= 0.6 is 0 Å². The first kappa shape index (κ1) is 12.8. The molecule has 2 heteroatoms. The third kappa shape index (κ3) is 1.80. The lowest BCUT2D eigenvalue weighted by Crippen LogP contribution is -2.31. The van der Waals surface area contributed by atoms with E-state index in [2.05, 4.69) is 36.1 Å². The van der Waals surface area contributed by atoms with E-state index in [0.717, 1.165) is 40.0 Å². The number of nitrogens with zero attached hydrogens (tertiary/aromatic N) is 2. The zero-order valence-electron chi connectivity index (χ0n) is 12.0. The van der Waals surface area contributed by atoms with Gasteiger partial charge in [-0.05, 0) is 43.0 Å². The minimum absolute atomic E-state index is 0.924. The molecule has 0 radical (unpaired) electrons. The molecule has 0 amide bonds. The van der Waals surface area contributed by atoms with Crippen molar-refractivity contribution in [2.45, 2.75) is 26.7 Å². The first-order valence-electron chi connectivity index (χ1n) is 6.90. The molecule has 1 aliphatic rings. The van der Waals surface area contributed by atoms with Crippen molar-refractivity contribution in [1.29, 1.82) is 0 Å². The van der Waals surface area contributed by atoms with Gasteiger partial charge in [0.25, 0.3) is 0 Å². The topological polar surface area (TPSA) is 25.8 Å².